The summed E-state index contributed by atoms with van der Waals surface area (Å²) < 4.78 is 0. The number of benzene rings is 1. The molecule has 1 heteroatoms. The molecule has 1 aromatic carbocycles. The predicted octanol–water partition coefficient (Wildman–Crippen LogP) is 8.69. The molecule has 1 aromatic rings. The standard InChI is InChI=1S/C30H41N/c1-2-8-25-16-20-29(21-17-25)30-22-18-28(19-23-30)15-14-27-12-10-26(11-13-27)9-6-4-3-5-7-24-31/h3-5,7,14-17,20-21,26-28,30H,2,6,8-13,18-19,22-23H2,1H3. The highest BCUT2D eigenvalue weighted by Crippen LogP contribution is 2.38. The molecular weight excluding hydrogens is 374 g/mol. The highest BCUT2D eigenvalue weighted by atomic mass is 14.3. The third kappa shape index (κ3) is 8.17. The fraction of sp³-hybridized carbons (Fsp3) is 0.567. The molecule has 3 rings (SSSR count). The van der Waals surface area contributed by atoms with E-state index < -0.39 is 0 Å². The van der Waals surface area contributed by atoms with Crippen molar-refractivity contribution in [2.75, 3.05) is 0 Å². The summed E-state index contributed by atoms with van der Waals surface area (Å²) in [4.78, 5) is 0. The molecule has 166 valence electrons. The van der Waals surface area contributed by atoms with Gasteiger partial charge in [-0.3, -0.25) is 0 Å². The number of nitrogens with zero attached hydrogens (tertiary/aromatic N) is 1. The molecule has 0 N–H and O–H groups in total. The fourth-order valence-electron chi connectivity index (χ4n) is 5.48. The lowest BCUT2D eigenvalue weighted by Crippen LogP contribution is -2.14. The maximum atomic E-state index is 8.48. The predicted molar refractivity (Wildman–Crippen MR) is 133 cm³/mol. The van der Waals surface area contributed by atoms with Crippen LogP contribution >= 0.6 is 0 Å². The minimum atomic E-state index is 0.778. The van der Waals surface area contributed by atoms with Gasteiger partial charge >= 0.3 is 0 Å². The molecule has 0 bridgehead atoms. The average molecular weight is 416 g/mol. The third-order valence-electron chi connectivity index (χ3n) is 7.47. The molecule has 0 atom stereocenters. The van der Waals surface area contributed by atoms with Crippen LogP contribution in [0, 0.1) is 29.1 Å². The van der Waals surface area contributed by atoms with E-state index in [1.807, 2.05) is 18.2 Å². The van der Waals surface area contributed by atoms with Crippen molar-refractivity contribution in [3.8, 4) is 6.07 Å². The van der Waals surface area contributed by atoms with Crippen molar-refractivity contribution in [3.63, 3.8) is 0 Å². The molecule has 2 aliphatic rings. The van der Waals surface area contributed by atoms with E-state index in [-0.39, 0.29) is 0 Å². The number of hydrogen-bond acceptors (Lipinski definition) is 1. The number of aryl methyl sites for hydroxylation is 1. The Morgan fingerprint density at radius 1 is 0.871 bits per heavy atom. The summed E-state index contributed by atoms with van der Waals surface area (Å²) in [5, 5.41) is 8.48. The summed E-state index contributed by atoms with van der Waals surface area (Å²) in [7, 11) is 0. The lowest BCUT2D eigenvalue weighted by Gasteiger charge is -2.29. The monoisotopic (exact) mass is 415 g/mol. The van der Waals surface area contributed by atoms with E-state index in [9.17, 15) is 0 Å². The van der Waals surface area contributed by atoms with Crippen LogP contribution in [0.25, 0.3) is 0 Å². The van der Waals surface area contributed by atoms with Gasteiger partial charge in [-0.1, -0.05) is 68.0 Å². The van der Waals surface area contributed by atoms with Gasteiger partial charge in [0.25, 0.3) is 0 Å². The second-order valence-corrected chi connectivity index (χ2v) is 9.76. The van der Waals surface area contributed by atoms with Gasteiger partial charge < -0.3 is 0 Å². The van der Waals surface area contributed by atoms with Crippen LogP contribution < -0.4 is 0 Å². The zero-order chi connectivity index (χ0) is 21.7. The molecule has 0 spiro atoms. The van der Waals surface area contributed by atoms with E-state index in [1.54, 1.807) is 5.56 Å². The van der Waals surface area contributed by atoms with Gasteiger partial charge in [0.1, 0.15) is 0 Å². The first-order valence-electron chi connectivity index (χ1n) is 12.8. The molecule has 2 fully saturated rings. The van der Waals surface area contributed by atoms with E-state index in [0.29, 0.717) is 0 Å². The second kappa shape index (κ2) is 13.4. The first-order valence-corrected chi connectivity index (χ1v) is 12.8. The normalized spacial score (nSPS) is 27.2. The molecule has 0 amide bonds. The summed E-state index contributed by atoms with van der Waals surface area (Å²) in [6, 6.07) is 11.5. The van der Waals surface area contributed by atoms with Crippen LogP contribution in [0.2, 0.25) is 0 Å². The summed E-state index contributed by atoms with van der Waals surface area (Å²) in [5.74, 6) is 3.29. The Labute approximate surface area is 191 Å². The van der Waals surface area contributed by atoms with Crippen LogP contribution in [0.15, 0.2) is 60.7 Å². The van der Waals surface area contributed by atoms with Crippen molar-refractivity contribution in [1.82, 2.24) is 0 Å². The molecule has 2 aliphatic carbocycles. The zero-order valence-electron chi connectivity index (χ0n) is 19.5. The van der Waals surface area contributed by atoms with Crippen LogP contribution in [-0.4, -0.2) is 0 Å². The molecule has 31 heavy (non-hydrogen) atoms. The Hall–Kier alpha value is -2.07. The zero-order valence-corrected chi connectivity index (χ0v) is 19.5. The largest absolute Gasteiger partial charge is 0.193 e. The van der Waals surface area contributed by atoms with Crippen LogP contribution in [0.1, 0.15) is 94.6 Å². The summed E-state index contributed by atoms with van der Waals surface area (Å²) in [6.45, 7) is 2.26. The van der Waals surface area contributed by atoms with Gasteiger partial charge in [0.05, 0.1) is 6.07 Å². The summed E-state index contributed by atoms with van der Waals surface area (Å²) >= 11 is 0. The molecule has 0 aliphatic heterocycles. The minimum absolute atomic E-state index is 0.778. The van der Waals surface area contributed by atoms with E-state index in [2.05, 4.69) is 49.4 Å². The average Bonchev–Trinajstić information content (AvgIpc) is 2.82. The Bertz CT molecular complexity index is 745. The Balaban J connectivity index is 1.33. The lowest BCUT2D eigenvalue weighted by molar-refractivity contribution is 0.295. The maximum Gasteiger partial charge on any atom is 0.0912 e. The van der Waals surface area contributed by atoms with Crippen molar-refractivity contribution < 1.29 is 0 Å². The molecule has 0 radical (unpaired) electrons. The molecule has 0 saturated heterocycles. The second-order valence-electron chi connectivity index (χ2n) is 9.76. The first-order chi connectivity index (χ1) is 15.3. The highest BCUT2D eigenvalue weighted by Gasteiger charge is 2.22. The molecule has 0 aromatic heterocycles. The van der Waals surface area contributed by atoms with Crippen molar-refractivity contribution in [2.24, 2.45) is 17.8 Å². The molecular formula is C30H41N. The van der Waals surface area contributed by atoms with Gasteiger partial charge in [-0.15, -0.1) is 0 Å². The number of rotatable bonds is 9. The SMILES string of the molecule is CCCc1ccc(C2CCC(C=CC3CCC(CCC=CC=CC#N)CC3)CC2)cc1. The van der Waals surface area contributed by atoms with Gasteiger partial charge in [0.2, 0.25) is 0 Å². The van der Waals surface area contributed by atoms with Crippen LogP contribution in [0.5, 0.6) is 0 Å². The van der Waals surface area contributed by atoms with Crippen LogP contribution in [0.4, 0.5) is 0 Å². The van der Waals surface area contributed by atoms with Crippen molar-refractivity contribution in [2.45, 2.75) is 89.9 Å². The minimum Gasteiger partial charge on any atom is -0.193 e. The summed E-state index contributed by atoms with van der Waals surface area (Å²) in [5.41, 5.74) is 3.05. The van der Waals surface area contributed by atoms with E-state index >= 15 is 0 Å². The number of nitriles is 1. The van der Waals surface area contributed by atoms with Crippen molar-refractivity contribution in [1.29, 1.82) is 5.26 Å². The number of allylic oxidation sites excluding steroid dienone is 6. The van der Waals surface area contributed by atoms with Crippen molar-refractivity contribution >= 4 is 0 Å². The fourth-order valence-corrected chi connectivity index (χ4v) is 5.48. The third-order valence-corrected chi connectivity index (χ3v) is 7.47. The van der Waals surface area contributed by atoms with Gasteiger partial charge in [0.15, 0.2) is 0 Å². The van der Waals surface area contributed by atoms with Gasteiger partial charge in [0, 0.05) is 6.08 Å². The smallest absolute Gasteiger partial charge is 0.0912 e. The van der Waals surface area contributed by atoms with E-state index in [1.165, 1.54) is 82.3 Å². The Morgan fingerprint density at radius 3 is 2.13 bits per heavy atom. The summed E-state index contributed by atoms with van der Waals surface area (Å²) in [6.07, 6.45) is 28.6. The highest BCUT2D eigenvalue weighted by molar-refractivity contribution is 5.26. The van der Waals surface area contributed by atoms with Gasteiger partial charge in [-0.25, -0.2) is 0 Å². The van der Waals surface area contributed by atoms with Crippen molar-refractivity contribution in [3.05, 3.63) is 71.8 Å². The van der Waals surface area contributed by atoms with Gasteiger partial charge in [-0.2, -0.15) is 5.26 Å². The van der Waals surface area contributed by atoms with Crippen LogP contribution in [0.3, 0.4) is 0 Å². The van der Waals surface area contributed by atoms with Crippen LogP contribution in [-0.2, 0) is 6.42 Å². The number of hydrogen-bond donors (Lipinski definition) is 0. The quantitative estimate of drug-likeness (QED) is 0.225. The van der Waals surface area contributed by atoms with Gasteiger partial charge in [-0.05, 0) is 105 Å². The Morgan fingerprint density at radius 2 is 1.52 bits per heavy atom. The topological polar surface area (TPSA) is 23.8 Å². The first kappa shape index (κ1) is 23.6. The van der Waals surface area contributed by atoms with E-state index in [0.717, 1.165) is 30.1 Å². The molecule has 2 saturated carbocycles. The molecule has 1 nitrogen and oxygen atoms in total. The Kier molecular flexibility index (Phi) is 10.2. The maximum absolute atomic E-state index is 8.48. The van der Waals surface area contributed by atoms with E-state index in [4.69, 9.17) is 5.26 Å². The molecule has 0 heterocycles. The lowest BCUT2D eigenvalue weighted by atomic mass is 9.77. The molecule has 0 unspecified atom stereocenters.